The molecule has 142 valence electrons. The highest BCUT2D eigenvalue weighted by Crippen LogP contribution is 2.40. The van der Waals surface area contributed by atoms with Crippen LogP contribution in [-0.4, -0.2) is 42.6 Å². The Hall–Kier alpha value is -3.56. The molecule has 0 aliphatic carbocycles. The highest BCUT2D eigenvalue weighted by molar-refractivity contribution is 6.01. The molecule has 4 heterocycles. The van der Waals surface area contributed by atoms with Gasteiger partial charge in [0, 0.05) is 17.1 Å². The van der Waals surface area contributed by atoms with E-state index < -0.39 is 24.7 Å². The van der Waals surface area contributed by atoms with Crippen molar-refractivity contribution in [3.8, 4) is 11.3 Å². The molecule has 4 aromatic rings. The summed E-state index contributed by atoms with van der Waals surface area (Å²) in [6.45, 7) is -0.536. The standard InChI is InChI=1S/C19H16N4O5/c20-17-14-10(12-5-9-3-1-2-4-11(9)27-12)6-23(18(14)22-8-21-17)19-16(26)15(25)13(7-24)28-19/h1-6,8,16,19,24-26H,7H2,(H2,20,21,22)/t16?,19-/m1/s1. The van der Waals surface area contributed by atoms with Crippen molar-refractivity contribution in [1.82, 2.24) is 14.5 Å². The molecule has 9 heteroatoms. The first-order chi connectivity index (χ1) is 13.6. The first kappa shape index (κ1) is 16.6. The van der Waals surface area contributed by atoms with Gasteiger partial charge in [0.25, 0.3) is 0 Å². The SMILES string of the molecule is Nc1ncnc2c1c(-c1cc3ccccc3o1)cn2[C@@H]1OC(CO)=C(O)C1O. The van der Waals surface area contributed by atoms with Crippen LogP contribution in [0.3, 0.4) is 0 Å². The summed E-state index contributed by atoms with van der Waals surface area (Å²) in [5.74, 6) is 0.290. The molecule has 1 unspecified atom stereocenters. The number of rotatable bonds is 3. The van der Waals surface area contributed by atoms with Crippen molar-refractivity contribution in [2.24, 2.45) is 0 Å². The van der Waals surface area contributed by atoms with E-state index in [1.54, 1.807) is 10.8 Å². The Morgan fingerprint density at radius 2 is 2.04 bits per heavy atom. The molecule has 0 radical (unpaired) electrons. The van der Waals surface area contributed by atoms with E-state index in [2.05, 4.69) is 9.97 Å². The largest absolute Gasteiger partial charge is 0.506 e. The molecule has 0 fully saturated rings. The van der Waals surface area contributed by atoms with Gasteiger partial charge in [-0.25, -0.2) is 9.97 Å². The number of hydrogen-bond donors (Lipinski definition) is 4. The zero-order valence-corrected chi connectivity index (χ0v) is 14.5. The first-order valence-electron chi connectivity index (χ1n) is 8.56. The first-order valence-corrected chi connectivity index (χ1v) is 8.56. The molecule has 1 aliphatic heterocycles. The Balaban J connectivity index is 1.72. The second kappa shape index (κ2) is 5.98. The van der Waals surface area contributed by atoms with Gasteiger partial charge in [-0.3, -0.25) is 4.57 Å². The van der Waals surface area contributed by atoms with Crippen molar-refractivity contribution >= 4 is 27.8 Å². The maximum atomic E-state index is 10.4. The molecule has 5 N–H and O–H groups in total. The molecule has 3 aromatic heterocycles. The number of aliphatic hydroxyl groups excluding tert-OH is 3. The number of fused-ring (bicyclic) bond motifs is 2. The molecule has 28 heavy (non-hydrogen) atoms. The highest BCUT2D eigenvalue weighted by atomic mass is 16.5. The lowest BCUT2D eigenvalue weighted by atomic mass is 10.1. The van der Waals surface area contributed by atoms with E-state index >= 15 is 0 Å². The Morgan fingerprint density at radius 3 is 2.79 bits per heavy atom. The van der Waals surface area contributed by atoms with Crippen molar-refractivity contribution in [2.75, 3.05) is 12.3 Å². The summed E-state index contributed by atoms with van der Waals surface area (Å²) in [7, 11) is 0. The Bertz CT molecular complexity index is 1210. The van der Waals surface area contributed by atoms with Gasteiger partial charge in [-0.2, -0.15) is 0 Å². The number of hydrogen-bond acceptors (Lipinski definition) is 8. The van der Waals surface area contributed by atoms with Crippen molar-refractivity contribution in [3.63, 3.8) is 0 Å². The maximum Gasteiger partial charge on any atom is 0.210 e. The predicted octanol–water partition coefficient (Wildman–Crippen LogP) is 2.08. The number of anilines is 1. The lowest BCUT2D eigenvalue weighted by Crippen LogP contribution is -2.22. The van der Waals surface area contributed by atoms with E-state index in [0.717, 1.165) is 5.39 Å². The average Bonchev–Trinajstić information content (AvgIpc) is 3.37. The van der Waals surface area contributed by atoms with Gasteiger partial charge in [0.2, 0.25) is 6.23 Å². The molecule has 0 bridgehead atoms. The average molecular weight is 380 g/mol. The van der Waals surface area contributed by atoms with E-state index in [4.69, 9.17) is 14.9 Å². The number of furan rings is 1. The maximum absolute atomic E-state index is 10.4. The zero-order chi connectivity index (χ0) is 19.4. The zero-order valence-electron chi connectivity index (χ0n) is 14.5. The minimum absolute atomic E-state index is 0.0911. The van der Waals surface area contributed by atoms with E-state index in [1.165, 1.54) is 6.33 Å². The number of nitrogens with two attached hydrogens (primary N) is 1. The predicted molar refractivity (Wildman–Crippen MR) is 100 cm³/mol. The minimum Gasteiger partial charge on any atom is -0.506 e. The minimum atomic E-state index is -1.36. The fraction of sp³-hybridized carbons (Fsp3) is 0.158. The quantitative estimate of drug-likeness (QED) is 0.423. The van der Waals surface area contributed by atoms with Gasteiger partial charge in [-0.05, 0) is 12.1 Å². The molecule has 0 saturated carbocycles. The van der Waals surface area contributed by atoms with Crippen LogP contribution in [0.25, 0.3) is 33.3 Å². The number of ether oxygens (including phenoxy) is 1. The van der Waals surface area contributed by atoms with Crippen LogP contribution in [0.5, 0.6) is 0 Å². The van der Waals surface area contributed by atoms with E-state index in [9.17, 15) is 15.3 Å². The third kappa shape index (κ3) is 2.27. The van der Waals surface area contributed by atoms with Gasteiger partial charge < -0.3 is 30.2 Å². The second-order valence-electron chi connectivity index (χ2n) is 6.48. The molecule has 0 saturated heterocycles. The van der Waals surface area contributed by atoms with Crippen molar-refractivity contribution in [1.29, 1.82) is 0 Å². The van der Waals surface area contributed by atoms with E-state index in [1.807, 2.05) is 30.3 Å². The number of nitrogens with zero attached hydrogens (tertiary/aromatic N) is 3. The molecule has 1 aliphatic rings. The van der Waals surface area contributed by atoms with Gasteiger partial charge in [-0.1, -0.05) is 18.2 Å². The molecule has 9 nitrogen and oxygen atoms in total. The number of aliphatic hydroxyl groups is 3. The number of nitrogen functional groups attached to an aromatic ring is 1. The van der Waals surface area contributed by atoms with Gasteiger partial charge >= 0.3 is 0 Å². The van der Waals surface area contributed by atoms with Crippen LogP contribution in [0.4, 0.5) is 5.82 Å². The summed E-state index contributed by atoms with van der Waals surface area (Å²) in [6, 6.07) is 9.46. The lowest BCUT2D eigenvalue weighted by Gasteiger charge is -2.17. The molecule has 5 rings (SSSR count). The van der Waals surface area contributed by atoms with E-state index in [0.29, 0.717) is 27.9 Å². The third-order valence-corrected chi connectivity index (χ3v) is 4.85. The summed E-state index contributed by atoms with van der Waals surface area (Å²) < 4.78 is 13.0. The van der Waals surface area contributed by atoms with Crippen molar-refractivity contribution < 1.29 is 24.5 Å². The van der Waals surface area contributed by atoms with Crippen LogP contribution in [0.1, 0.15) is 6.23 Å². The lowest BCUT2D eigenvalue weighted by molar-refractivity contribution is -0.0116. The molecular formula is C19H16N4O5. The summed E-state index contributed by atoms with van der Waals surface area (Å²) in [5.41, 5.74) is 7.85. The van der Waals surface area contributed by atoms with Gasteiger partial charge in [-0.15, -0.1) is 0 Å². The molecule has 2 atom stereocenters. The monoisotopic (exact) mass is 380 g/mol. The molecule has 0 amide bonds. The second-order valence-corrected chi connectivity index (χ2v) is 6.48. The van der Waals surface area contributed by atoms with Gasteiger partial charge in [0.1, 0.15) is 35.7 Å². The summed E-state index contributed by atoms with van der Waals surface area (Å²) in [5, 5.41) is 31.1. The van der Waals surface area contributed by atoms with Crippen molar-refractivity contribution in [3.05, 3.63) is 54.4 Å². The summed E-state index contributed by atoms with van der Waals surface area (Å²) >= 11 is 0. The van der Waals surface area contributed by atoms with Crippen LogP contribution in [0.2, 0.25) is 0 Å². The Kier molecular flexibility index (Phi) is 3.54. The number of aromatic nitrogens is 3. The van der Waals surface area contributed by atoms with Gasteiger partial charge in [0.05, 0.1) is 5.39 Å². The Labute approximate surface area is 157 Å². The fourth-order valence-corrected chi connectivity index (χ4v) is 3.50. The van der Waals surface area contributed by atoms with Crippen LogP contribution in [0, 0.1) is 0 Å². The van der Waals surface area contributed by atoms with Crippen LogP contribution in [-0.2, 0) is 4.74 Å². The summed E-state index contributed by atoms with van der Waals surface area (Å²) in [4.78, 5) is 8.33. The summed E-state index contributed by atoms with van der Waals surface area (Å²) in [6.07, 6.45) is 0.599. The smallest absolute Gasteiger partial charge is 0.210 e. The van der Waals surface area contributed by atoms with Crippen LogP contribution >= 0.6 is 0 Å². The highest BCUT2D eigenvalue weighted by Gasteiger charge is 2.38. The molecule has 0 spiro atoms. The van der Waals surface area contributed by atoms with E-state index in [-0.39, 0.29) is 11.6 Å². The molecule has 1 aromatic carbocycles. The topological polar surface area (TPSA) is 140 Å². The van der Waals surface area contributed by atoms with Crippen molar-refractivity contribution in [2.45, 2.75) is 12.3 Å². The van der Waals surface area contributed by atoms with Gasteiger partial charge in [0.15, 0.2) is 17.6 Å². The van der Waals surface area contributed by atoms with Crippen LogP contribution < -0.4 is 5.73 Å². The number of benzene rings is 1. The Morgan fingerprint density at radius 1 is 1.21 bits per heavy atom. The van der Waals surface area contributed by atoms with Crippen LogP contribution in [0.15, 0.2) is 58.8 Å². The molecular weight excluding hydrogens is 364 g/mol. The fourth-order valence-electron chi connectivity index (χ4n) is 3.50. The third-order valence-electron chi connectivity index (χ3n) is 4.85. The number of para-hydroxylation sites is 1. The normalized spacial score (nSPS) is 19.6.